The molecule has 0 saturated carbocycles. The lowest BCUT2D eigenvalue weighted by atomic mass is 10.3. The van der Waals surface area contributed by atoms with Crippen LogP contribution in [-0.2, 0) is 0 Å². The van der Waals surface area contributed by atoms with Crippen molar-refractivity contribution >= 4 is 16.8 Å². The number of alkyl halides is 2. The molecule has 0 fully saturated rings. The third-order valence-corrected chi connectivity index (χ3v) is 2.43. The van der Waals surface area contributed by atoms with Crippen LogP contribution in [0.4, 0.5) is 8.78 Å². The summed E-state index contributed by atoms with van der Waals surface area (Å²) in [7, 11) is 0. The Labute approximate surface area is 62.9 Å². The SMILES string of the molecule is CCC(F)(F)C1=NCCS1. The zero-order valence-electron chi connectivity index (χ0n) is 5.73. The molecule has 0 aromatic heterocycles. The molecule has 0 N–H and O–H groups in total. The molecule has 0 spiro atoms. The quantitative estimate of drug-likeness (QED) is 0.611. The minimum absolute atomic E-state index is 0.0231. The van der Waals surface area contributed by atoms with E-state index < -0.39 is 5.92 Å². The Bertz CT molecular complexity index is 156. The lowest BCUT2D eigenvalue weighted by molar-refractivity contribution is 0.0775. The average molecular weight is 165 g/mol. The predicted octanol–water partition coefficient (Wildman–Crippen LogP) is 2.18. The van der Waals surface area contributed by atoms with Crippen molar-refractivity contribution in [2.24, 2.45) is 4.99 Å². The van der Waals surface area contributed by atoms with Gasteiger partial charge in [0, 0.05) is 18.7 Å². The van der Waals surface area contributed by atoms with Gasteiger partial charge in [0.15, 0.2) is 0 Å². The van der Waals surface area contributed by atoms with E-state index in [1.807, 2.05) is 0 Å². The Balaban J connectivity index is 2.62. The zero-order chi connectivity index (χ0) is 7.61. The first kappa shape index (κ1) is 7.98. The molecule has 0 saturated heterocycles. The zero-order valence-corrected chi connectivity index (χ0v) is 6.55. The highest BCUT2D eigenvalue weighted by atomic mass is 32.2. The molecule has 0 atom stereocenters. The summed E-state index contributed by atoms with van der Waals surface area (Å²) in [4.78, 5) is 3.71. The summed E-state index contributed by atoms with van der Waals surface area (Å²) in [5.41, 5.74) is 0. The van der Waals surface area contributed by atoms with E-state index in [0.717, 1.165) is 0 Å². The Morgan fingerprint density at radius 3 is 2.80 bits per heavy atom. The van der Waals surface area contributed by atoms with Gasteiger partial charge in [-0.05, 0) is 0 Å². The van der Waals surface area contributed by atoms with Crippen LogP contribution in [0.15, 0.2) is 4.99 Å². The highest BCUT2D eigenvalue weighted by molar-refractivity contribution is 8.14. The van der Waals surface area contributed by atoms with Crippen molar-refractivity contribution in [2.75, 3.05) is 12.3 Å². The third-order valence-electron chi connectivity index (χ3n) is 1.34. The molecule has 0 aromatic rings. The van der Waals surface area contributed by atoms with Gasteiger partial charge in [0.1, 0.15) is 5.04 Å². The van der Waals surface area contributed by atoms with E-state index in [1.54, 1.807) is 0 Å². The fourth-order valence-electron chi connectivity index (χ4n) is 0.708. The van der Waals surface area contributed by atoms with Crippen molar-refractivity contribution in [2.45, 2.75) is 19.3 Å². The predicted molar refractivity (Wildman–Crippen MR) is 40.0 cm³/mol. The molecule has 0 unspecified atom stereocenters. The molecule has 0 radical (unpaired) electrons. The Hall–Kier alpha value is -0.120. The maximum absolute atomic E-state index is 12.7. The number of rotatable bonds is 2. The molecule has 0 aliphatic carbocycles. The smallest absolute Gasteiger partial charge is 0.276 e. The summed E-state index contributed by atoms with van der Waals surface area (Å²) in [5.74, 6) is -1.95. The summed E-state index contributed by atoms with van der Waals surface area (Å²) in [6.07, 6.45) is -0.140. The fourth-order valence-corrected chi connectivity index (χ4v) is 1.62. The average Bonchev–Trinajstić information content (AvgIpc) is 2.38. The van der Waals surface area contributed by atoms with E-state index in [4.69, 9.17) is 0 Å². The summed E-state index contributed by atoms with van der Waals surface area (Å²) in [5, 5.41) is 0.0231. The molecule has 0 aromatic carbocycles. The van der Waals surface area contributed by atoms with Crippen LogP contribution in [0, 0.1) is 0 Å². The van der Waals surface area contributed by atoms with Gasteiger partial charge in [-0.1, -0.05) is 6.92 Å². The van der Waals surface area contributed by atoms with Crippen LogP contribution >= 0.6 is 11.8 Å². The molecule has 0 bridgehead atoms. The maximum Gasteiger partial charge on any atom is 0.294 e. The maximum atomic E-state index is 12.7. The van der Waals surface area contributed by atoms with Gasteiger partial charge in [0.25, 0.3) is 5.92 Å². The Morgan fingerprint density at radius 2 is 2.40 bits per heavy atom. The van der Waals surface area contributed by atoms with Crippen LogP contribution in [0.5, 0.6) is 0 Å². The van der Waals surface area contributed by atoms with E-state index in [2.05, 4.69) is 4.99 Å². The second-order valence-electron chi connectivity index (χ2n) is 2.09. The summed E-state index contributed by atoms with van der Waals surface area (Å²) >= 11 is 1.17. The molecule has 1 rings (SSSR count). The van der Waals surface area contributed by atoms with Crippen LogP contribution in [-0.4, -0.2) is 23.3 Å². The van der Waals surface area contributed by atoms with E-state index in [0.29, 0.717) is 12.3 Å². The van der Waals surface area contributed by atoms with Crippen molar-refractivity contribution in [3.63, 3.8) is 0 Å². The van der Waals surface area contributed by atoms with E-state index >= 15 is 0 Å². The number of nitrogens with zero attached hydrogens (tertiary/aromatic N) is 1. The first-order valence-corrected chi connectivity index (χ1v) is 4.21. The topological polar surface area (TPSA) is 12.4 Å². The molecule has 0 amide bonds. The van der Waals surface area contributed by atoms with E-state index in [-0.39, 0.29) is 11.5 Å². The molecule has 1 nitrogen and oxygen atoms in total. The van der Waals surface area contributed by atoms with Crippen molar-refractivity contribution in [1.82, 2.24) is 0 Å². The Kier molecular flexibility index (Phi) is 2.28. The number of halogens is 2. The second kappa shape index (κ2) is 2.86. The van der Waals surface area contributed by atoms with Gasteiger partial charge in [-0.25, -0.2) is 0 Å². The van der Waals surface area contributed by atoms with Gasteiger partial charge >= 0.3 is 0 Å². The molecule has 4 heteroatoms. The number of thioether (sulfide) groups is 1. The van der Waals surface area contributed by atoms with Gasteiger partial charge in [-0.15, -0.1) is 11.8 Å². The van der Waals surface area contributed by atoms with E-state index in [9.17, 15) is 8.78 Å². The third kappa shape index (κ3) is 1.48. The summed E-state index contributed by atoms with van der Waals surface area (Å²) in [6, 6.07) is 0. The standard InChI is InChI=1S/C6H9F2NS/c1-2-6(7,8)5-9-3-4-10-5/h2-4H2,1H3. The van der Waals surface area contributed by atoms with Crippen LogP contribution in [0.1, 0.15) is 13.3 Å². The van der Waals surface area contributed by atoms with E-state index in [1.165, 1.54) is 18.7 Å². The Morgan fingerprint density at radius 1 is 1.70 bits per heavy atom. The molecule has 1 aliphatic heterocycles. The summed E-state index contributed by atoms with van der Waals surface area (Å²) in [6.45, 7) is 2.02. The molecular formula is C6H9F2NS. The normalized spacial score (nSPS) is 19.3. The van der Waals surface area contributed by atoms with Crippen molar-refractivity contribution in [3.05, 3.63) is 0 Å². The van der Waals surface area contributed by atoms with Crippen molar-refractivity contribution < 1.29 is 8.78 Å². The van der Waals surface area contributed by atoms with Crippen molar-refractivity contribution in [1.29, 1.82) is 0 Å². The van der Waals surface area contributed by atoms with Crippen LogP contribution in [0.3, 0.4) is 0 Å². The van der Waals surface area contributed by atoms with Crippen LogP contribution < -0.4 is 0 Å². The van der Waals surface area contributed by atoms with Gasteiger partial charge in [-0.2, -0.15) is 8.78 Å². The number of aliphatic imine (C=N–C) groups is 1. The van der Waals surface area contributed by atoms with Gasteiger partial charge < -0.3 is 0 Å². The highest BCUT2D eigenvalue weighted by Crippen LogP contribution is 2.29. The van der Waals surface area contributed by atoms with Crippen LogP contribution in [0.2, 0.25) is 0 Å². The van der Waals surface area contributed by atoms with Gasteiger partial charge in [-0.3, -0.25) is 4.99 Å². The largest absolute Gasteiger partial charge is 0.294 e. The molecule has 58 valence electrons. The van der Waals surface area contributed by atoms with Gasteiger partial charge in [0.05, 0.1) is 0 Å². The second-order valence-corrected chi connectivity index (χ2v) is 3.18. The molecule has 1 aliphatic rings. The molecule has 10 heavy (non-hydrogen) atoms. The van der Waals surface area contributed by atoms with Gasteiger partial charge in [0.2, 0.25) is 0 Å². The minimum Gasteiger partial charge on any atom is -0.276 e. The first-order chi connectivity index (χ1) is 4.67. The fraction of sp³-hybridized carbons (Fsp3) is 0.833. The molecule has 1 heterocycles. The van der Waals surface area contributed by atoms with Crippen LogP contribution in [0.25, 0.3) is 0 Å². The first-order valence-electron chi connectivity index (χ1n) is 3.22. The highest BCUT2D eigenvalue weighted by Gasteiger charge is 2.35. The molecular weight excluding hydrogens is 156 g/mol. The minimum atomic E-state index is -2.67. The number of hydrogen-bond acceptors (Lipinski definition) is 2. The number of hydrogen-bond donors (Lipinski definition) is 0. The summed E-state index contributed by atoms with van der Waals surface area (Å²) < 4.78 is 25.4. The lowest BCUT2D eigenvalue weighted by Gasteiger charge is -2.11. The van der Waals surface area contributed by atoms with Crippen molar-refractivity contribution in [3.8, 4) is 0 Å². The monoisotopic (exact) mass is 165 g/mol. The lowest BCUT2D eigenvalue weighted by Crippen LogP contribution is -2.23.